The molecule has 2 bridgehead atoms. The van der Waals surface area contributed by atoms with Gasteiger partial charge in [0.05, 0.1) is 50.8 Å². The number of phenols is 2. The van der Waals surface area contributed by atoms with Crippen LogP contribution >= 0.6 is 11.8 Å². The van der Waals surface area contributed by atoms with Crippen molar-refractivity contribution in [2.45, 2.75) is 144 Å². The van der Waals surface area contributed by atoms with Gasteiger partial charge in [0.2, 0.25) is 47.3 Å². The van der Waals surface area contributed by atoms with Gasteiger partial charge in [0.25, 0.3) is 0 Å². The number of thioether (sulfide) groups is 1. The van der Waals surface area contributed by atoms with Gasteiger partial charge in [0.1, 0.15) is 54.4 Å². The number of fused-ring (bicyclic) bond motifs is 3. The van der Waals surface area contributed by atoms with Gasteiger partial charge in [-0.2, -0.15) is 11.8 Å². The number of nitrogens with one attached hydrogen (secondary N) is 11. The van der Waals surface area contributed by atoms with E-state index >= 15 is 0 Å². The Morgan fingerprint density at radius 2 is 1.31 bits per heavy atom. The van der Waals surface area contributed by atoms with Crippen molar-refractivity contribution in [3.63, 3.8) is 0 Å². The molecule has 4 heterocycles. The van der Waals surface area contributed by atoms with Crippen molar-refractivity contribution in [1.29, 1.82) is 5.41 Å². The van der Waals surface area contributed by atoms with Gasteiger partial charge in [-0.25, -0.2) is 4.79 Å². The van der Waals surface area contributed by atoms with Gasteiger partial charge in [-0.05, 0) is 87.3 Å². The standard InChI is InChI=1S/C56H82N16O14S/c1-33-50(78)66-41(27-34-11-15-37(73)16-12-34)52(80)64-39(49(57)77)7-4-5-21-72-30-36(70-71-72)29-43(54(82)67-42(28-35-13-17-38(74)18-14-35)53(81)65-40(51(79)62-33)8-6-19-61-55(58)59)63-47(76)31-86-26-25-85-24-23-84-22-20-60-46(75)10-3-2-9-45-48-44(32-87-45)68-56(83)69-48/h11-18,30,33,39-45,48,73-74H,2-10,19-29,31-32H2,1H3,(H2,57,77)(H,60,75)(H,62,79)(H,63,76)(H,64,80)(H,65,81)(H,66,78)(H,67,82)(H4,58,59,61)(H2,68,69,83)/t33-,39+,40-,41-,42-,43+,44-,45-,48-/m1/s1. The summed E-state index contributed by atoms with van der Waals surface area (Å²) in [5, 5.41) is 63.6. The topological polar surface area (TPSA) is 449 Å². The molecule has 30 nitrogen and oxygen atoms in total. The number of guanidine groups is 1. The van der Waals surface area contributed by atoms with Crippen molar-refractivity contribution < 1.29 is 67.6 Å². The van der Waals surface area contributed by atoms with E-state index in [0.29, 0.717) is 42.2 Å². The molecule has 2 saturated heterocycles. The van der Waals surface area contributed by atoms with Crippen LogP contribution in [0.1, 0.15) is 81.5 Å². The molecule has 0 spiro atoms. The molecule has 9 atom stereocenters. The van der Waals surface area contributed by atoms with E-state index < -0.39 is 84.2 Å². The van der Waals surface area contributed by atoms with E-state index in [0.717, 1.165) is 25.0 Å². The Hall–Kier alpha value is -8.29. The molecule has 3 aliphatic rings. The maximum atomic E-state index is 14.5. The van der Waals surface area contributed by atoms with E-state index in [9.17, 15) is 53.4 Å². The summed E-state index contributed by atoms with van der Waals surface area (Å²) >= 11 is 1.85. The third-order valence-electron chi connectivity index (χ3n) is 14.5. The van der Waals surface area contributed by atoms with Crippen molar-refractivity contribution in [1.82, 2.24) is 68.2 Å². The normalized spacial score (nSPS) is 23.2. The largest absolute Gasteiger partial charge is 0.508 e. The van der Waals surface area contributed by atoms with Gasteiger partial charge in [-0.15, -0.1) is 5.10 Å². The zero-order valence-electron chi connectivity index (χ0n) is 48.6. The summed E-state index contributed by atoms with van der Waals surface area (Å²) in [5.41, 5.74) is 12.5. The minimum absolute atomic E-state index is 0.00710. The van der Waals surface area contributed by atoms with E-state index in [2.05, 4.69) is 63.5 Å². The van der Waals surface area contributed by atoms with Gasteiger partial charge in [0.15, 0.2) is 5.96 Å². The monoisotopic (exact) mass is 1230 g/mol. The van der Waals surface area contributed by atoms with Crippen LogP contribution in [-0.4, -0.2) is 197 Å². The number of nitrogens with zero attached hydrogens (tertiary/aromatic N) is 3. The molecule has 87 heavy (non-hydrogen) atoms. The summed E-state index contributed by atoms with van der Waals surface area (Å²) in [7, 11) is 0. The predicted octanol–water partition coefficient (Wildman–Crippen LogP) is -2.53. The predicted molar refractivity (Wildman–Crippen MR) is 316 cm³/mol. The van der Waals surface area contributed by atoms with Crippen molar-refractivity contribution in [3.05, 3.63) is 71.5 Å². The maximum absolute atomic E-state index is 14.5. The minimum Gasteiger partial charge on any atom is -0.508 e. The SMILES string of the molecule is C[C@H]1NC(=O)[C@@H](CCCNC(=N)N)NC(=O)[C@@H](Cc2ccc(O)cc2)NC(=O)[C@@H](NC(=O)COCCOCCOCCNC(=O)CCCC[C@H]2SC[C@H]3NC(=O)N[C@H]32)Cc2cn(nn2)CCCC[C@@H](C(N)=O)NC(=O)[C@@H](Cc2ccc(O)cc2)NC1=O. The van der Waals surface area contributed by atoms with Gasteiger partial charge >= 0.3 is 6.03 Å². The van der Waals surface area contributed by atoms with Gasteiger partial charge < -0.3 is 89.1 Å². The number of amides is 10. The average Bonchev–Trinajstić information content (AvgIpc) is 3.29. The number of hydrogen-bond donors (Lipinski definition) is 15. The number of hydrogen-bond acceptors (Lipinski definition) is 18. The number of aromatic nitrogens is 3. The summed E-state index contributed by atoms with van der Waals surface area (Å²) < 4.78 is 18.2. The van der Waals surface area contributed by atoms with E-state index in [1.165, 1.54) is 48.0 Å². The van der Waals surface area contributed by atoms with Crippen LogP contribution in [0.25, 0.3) is 0 Å². The van der Waals surface area contributed by atoms with Crippen LogP contribution in [0.15, 0.2) is 54.7 Å². The van der Waals surface area contributed by atoms with Gasteiger partial charge in [-0.1, -0.05) is 35.9 Å². The Balaban J connectivity index is 1.08. The number of urea groups is 1. The second-order valence-electron chi connectivity index (χ2n) is 21.4. The zero-order valence-corrected chi connectivity index (χ0v) is 49.5. The van der Waals surface area contributed by atoms with E-state index in [4.69, 9.17) is 31.1 Å². The average molecular weight is 1240 g/mol. The van der Waals surface area contributed by atoms with Crippen molar-refractivity contribution >= 4 is 71.0 Å². The number of unbranched alkanes of at least 4 members (excludes halogenated alkanes) is 1. The fourth-order valence-corrected chi connectivity index (χ4v) is 11.3. The first-order chi connectivity index (χ1) is 41.8. The quantitative estimate of drug-likeness (QED) is 0.0171. The molecule has 0 aliphatic carbocycles. The summed E-state index contributed by atoms with van der Waals surface area (Å²) in [6.45, 7) is 2.37. The highest BCUT2D eigenvalue weighted by Crippen LogP contribution is 2.33. The first-order valence-electron chi connectivity index (χ1n) is 29.1. The highest BCUT2D eigenvalue weighted by Gasteiger charge is 2.42. The van der Waals surface area contributed by atoms with E-state index in [1.807, 2.05) is 11.8 Å². The van der Waals surface area contributed by atoms with E-state index in [-0.39, 0.29) is 132 Å². The molecular weight excluding hydrogens is 1150 g/mol. The molecule has 31 heteroatoms. The fourth-order valence-electron chi connectivity index (χ4n) is 9.78. The Bertz CT molecular complexity index is 2800. The molecule has 0 saturated carbocycles. The number of aryl methyl sites for hydroxylation is 1. The Kier molecular flexibility index (Phi) is 27.6. The second-order valence-corrected chi connectivity index (χ2v) is 22.7. The lowest BCUT2D eigenvalue weighted by atomic mass is 10.0. The van der Waals surface area contributed by atoms with Crippen molar-refractivity contribution in [2.75, 3.05) is 58.5 Å². The molecule has 2 aromatic carbocycles. The van der Waals surface area contributed by atoms with Crippen LogP contribution in [0.3, 0.4) is 0 Å². The number of carbonyl (C=O) groups is 9. The third kappa shape index (κ3) is 23.8. The molecule has 3 aromatic rings. The summed E-state index contributed by atoms with van der Waals surface area (Å²) in [6, 6.07) is 3.93. The van der Waals surface area contributed by atoms with E-state index in [1.54, 1.807) is 18.3 Å². The van der Waals surface area contributed by atoms with Crippen LogP contribution < -0.4 is 64.6 Å². The number of phenolic OH excluding ortho intramolecular Hbond substituents is 2. The van der Waals surface area contributed by atoms with Crippen LogP contribution in [0.5, 0.6) is 11.5 Å². The highest BCUT2D eigenvalue weighted by atomic mass is 32.2. The lowest BCUT2D eigenvalue weighted by Crippen LogP contribution is -2.60. The summed E-state index contributed by atoms with van der Waals surface area (Å²) in [4.78, 5) is 121. The number of benzene rings is 2. The molecule has 17 N–H and O–H groups in total. The van der Waals surface area contributed by atoms with Crippen LogP contribution in [0.2, 0.25) is 0 Å². The Morgan fingerprint density at radius 1 is 0.690 bits per heavy atom. The number of primary amides is 1. The molecule has 10 amide bonds. The van der Waals surface area contributed by atoms with Crippen LogP contribution in [0.4, 0.5) is 4.79 Å². The smallest absolute Gasteiger partial charge is 0.315 e. The molecule has 1 aromatic heterocycles. The summed E-state index contributed by atoms with van der Waals surface area (Å²) in [6.07, 6.45) is 4.95. The molecule has 0 unspecified atom stereocenters. The number of nitrogens with two attached hydrogens (primary N) is 2. The highest BCUT2D eigenvalue weighted by molar-refractivity contribution is 8.00. The molecule has 476 valence electrons. The third-order valence-corrected chi connectivity index (χ3v) is 16.0. The van der Waals surface area contributed by atoms with Gasteiger partial charge in [0, 0.05) is 62.5 Å². The Morgan fingerprint density at radius 3 is 1.98 bits per heavy atom. The molecule has 2 fully saturated rings. The second kappa shape index (κ2) is 35.4. The fraction of sp³-hybridized carbons (Fsp3) is 0.571. The van der Waals surface area contributed by atoms with Crippen LogP contribution in [-0.2, 0) is 78.4 Å². The molecular formula is C56H82N16O14S. The first kappa shape index (κ1) is 67.8. The van der Waals surface area contributed by atoms with Crippen molar-refractivity contribution in [3.8, 4) is 11.5 Å². The number of ether oxygens (including phenoxy) is 3. The lowest BCUT2D eigenvalue weighted by molar-refractivity contribution is -0.135. The number of rotatable bonds is 26. The minimum atomic E-state index is -1.43. The maximum Gasteiger partial charge on any atom is 0.315 e. The van der Waals surface area contributed by atoms with Crippen molar-refractivity contribution in [2.24, 2.45) is 11.5 Å². The lowest BCUT2D eigenvalue weighted by Gasteiger charge is -2.27. The zero-order chi connectivity index (χ0) is 62.7. The Labute approximate surface area is 507 Å². The summed E-state index contributed by atoms with van der Waals surface area (Å²) in [5.74, 6) is -5.27. The molecule has 0 radical (unpaired) electrons. The number of carbonyl (C=O) groups excluding carboxylic acids is 9. The first-order valence-corrected chi connectivity index (χ1v) is 30.2. The van der Waals surface area contributed by atoms with Crippen LogP contribution in [0, 0.1) is 5.41 Å². The molecule has 6 rings (SSSR count). The number of aromatic hydroxyl groups is 2. The van der Waals surface area contributed by atoms with Gasteiger partial charge in [-0.3, -0.25) is 48.4 Å². The molecule has 3 aliphatic heterocycles.